The molecule has 2 N–H and O–H groups in total. The molecule has 0 aromatic heterocycles. The lowest BCUT2D eigenvalue weighted by molar-refractivity contribution is -0.184. The van der Waals surface area contributed by atoms with E-state index in [2.05, 4.69) is 17.1 Å². The van der Waals surface area contributed by atoms with Gasteiger partial charge in [0.05, 0.1) is 25.4 Å². The summed E-state index contributed by atoms with van der Waals surface area (Å²) in [4.78, 5) is 4.27. The predicted octanol–water partition coefficient (Wildman–Crippen LogP) is 2.45. The maximum Gasteiger partial charge on any atom is 0.293 e. The highest BCUT2D eigenvalue weighted by molar-refractivity contribution is 6.00. The third-order valence-electron chi connectivity index (χ3n) is 6.07. The van der Waals surface area contributed by atoms with Gasteiger partial charge in [0.1, 0.15) is 23.6 Å². The highest BCUT2D eigenvalue weighted by atomic mass is 16.8. The van der Waals surface area contributed by atoms with E-state index in [9.17, 15) is 10.5 Å². The lowest BCUT2D eigenvalue weighted by Gasteiger charge is -2.25. The van der Waals surface area contributed by atoms with E-state index >= 15 is 0 Å². The van der Waals surface area contributed by atoms with Gasteiger partial charge < -0.3 is 19.9 Å². The number of ether oxygens (including phenoxy) is 3. The van der Waals surface area contributed by atoms with E-state index in [4.69, 9.17) is 19.9 Å². The van der Waals surface area contributed by atoms with Crippen molar-refractivity contribution in [1.29, 1.82) is 10.5 Å². The van der Waals surface area contributed by atoms with Crippen LogP contribution < -0.4 is 10.5 Å². The zero-order valence-electron chi connectivity index (χ0n) is 15.5. The van der Waals surface area contributed by atoms with E-state index in [1.165, 1.54) is 0 Å². The van der Waals surface area contributed by atoms with Crippen molar-refractivity contribution >= 4 is 5.84 Å². The summed E-state index contributed by atoms with van der Waals surface area (Å²) >= 11 is 0. The molecule has 0 amide bonds. The fourth-order valence-corrected chi connectivity index (χ4v) is 4.72. The minimum atomic E-state index is -1.51. The molecule has 7 heteroatoms. The second-order valence-corrected chi connectivity index (χ2v) is 7.39. The van der Waals surface area contributed by atoms with Crippen LogP contribution in [0.3, 0.4) is 0 Å². The van der Waals surface area contributed by atoms with Gasteiger partial charge in [-0.15, -0.1) is 0 Å². The Morgan fingerprint density at radius 2 is 1.72 bits per heavy atom. The van der Waals surface area contributed by atoms with Crippen LogP contribution in [0.25, 0.3) is 0 Å². The Kier molecular flexibility index (Phi) is 3.69. The van der Waals surface area contributed by atoms with E-state index < -0.39 is 22.7 Å². The number of benzene rings is 2. The SMILES string of the molecule is N#C[C@]12C(N)=NC3(OCCO3)[C@@]1(C#N)[C@H]2c1ccc(OCc2ccccc2)cc1. The number of rotatable bonds is 4. The van der Waals surface area contributed by atoms with Crippen LogP contribution in [0.1, 0.15) is 17.0 Å². The first-order valence-corrected chi connectivity index (χ1v) is 9.36. The predicted molar refractivity (Wildman–Crippen MR) is 102 cm³/mol. The van der Waals surface area contributed by atoms with Gasteiger partial charge in [0.15, 0.2) is 5.41 Å². The molecule has 29 heavy (non-hydrogen) atoms. The Balaban J connectivity index is 1.44. The van der Waals surface area contributed by atoms with Crippen molar-refractivity contribution in [3.05, 3.63) is 65.7 Å². The summed E-state index contributed by atoms with van der Waals surface area (Å²) in [5.74, 6) is -1.19. The summed E-state index contributed by atoms with van der Waals surface area (Å²) in [6.45, 7) is 1.07. The Hall–Kier alpha value is -3.39. The molecule has 1 aliphatic carbocycles. The molecule has 2 aromatic rings. The lowest BCUT2D eigenvalue weighted by Crippen LogP contribution is -2.38. The molecule has 2 aromatic carbocycles. The molecular weight excluding hydrogens is 368 g/mol. The topological polar surface area (TPSA) is 114 Å². The molecule has 2 fully saturated rings. The summed E-state index contributed by atoms with van der Waals surface area (Å²) in [5.41, 5.74) is 5.47. The summed E-state index contributed by atoms with van der Waals surface area (Å²) in [6, 6.07) is 21.8. The molecule has 0 unspecified atom stereocenters. The van der Waals surface area contributed by atoms with Crippen LogP contribution in [0.5, 0.6) is 5.75 Å². The maximum absolute atomic E-state index is 10.1. The molecule has 5 rings (SSSR count). The molecule has 0 bridgehead atoms. The molecule has 0 radical (unpaired) electrons. The van der Waals surface area contributed by atoms with Gasteiger partial charge >= 0.3 is 0 Å². The van der Waals surface area contributed by atoms with Gasteiger partial charge in [0, 0.05) is 5.92 Å². The first-order chi connectivity index (χ1) is 14.1. The Morgan fingerprint density at radius 1 is 1.03 bits per heavy atom. The zero-order valence-corrected chi connectivity index (χ0v) is 15.5. The van der Waals surface area contributed by atoms with E-state index in [1.54, 1.807) is 0 Å². The fraction of sp³-hybridized carbons (Fsp3) is 0.318. The number of nitriles is 2. The number of aliphatic imine (C=N–C) groups is 1. The van der Waals surface area contributed by atoms with Crippen LogP contribution in [0, 0.1) is 33.5 Å². The van der Waals surface area contributed by atoms with Crippen LogP contribution in [0.2, 0.25) is 0 Å². The number of hydrogen-bond donors (Lipinski definition) is 1. The standard InChI is InChI=1S/C22H18N4O3/c23-13-20-18(21(20,14-24)22(26-19(20)25)28-10-11-29-22)16-6-8-17(9-7-16)27-12-15-4-2-1-3-5-15/h1-9,18H,10-12H2,(H2,25,26)/t18-,20-,21-/m0/s1. The fourth-order valence-electron chi connectivity index (χ4n) is 4.72. The molecule has 2 heterocycles. The van der Waals surface area contributed by atoms with Gasteiger partial charge in [-0.05, 0) is 23.3 Å². The Labute approximate surface area is 167 Å². The van der Waals surface area contributed by atoms with Gasteiger partial charge in [-0.25, -0.2) is 4.99 Å². The van der Waals surface area contributed by atoms with Crippen LogP contribution in [-0.4, -0.2) is 25.0 Å². The van der Waals surface area contributed by atoms with Crippen molar-refractivity contribution < 1.29 is 14.2 Å². The van der Waals surface area contributed by atoms with Gasteiger partial charge in [-0.2, -0.15) is 10.5 Å². The first-order valence-electron chi connectivity index (χ1n) is 9.36. The van der Waals surface area contributed by atoms with Crippen molar-refractivity contribution in [1.82, 2.24) is 0 Å². The molecule has 144 valence electrons. The van der Waals surface area contributed by atoms with E-state index in [0.29, 0.717) is 25.6 Å². The number of nitrogens with two attached hydrogens (primary N) is 1. The number of amidine groups is 1. The van der Waals surface area contributed by atoms with Crippen LogP contribution in [0.4, 0.5) is 0 Å². The van der Waals surface area contributed by atoms with Crippen LogP contribution in [0.15, 0.2) is 59.6 Å². The van der Waals surface area contributed by atoms with Crippen LogP contribution in [-0.2, 0) is 16.1 Å². The third kappa shape index (κ3) is 2.09. The van der Waals surface area contributed by atoms with Crippen molar-refractivity contribution in [3.8, 4) is 17.9 Å². The van der Waals surface area contributed by atoms with Gasteiger partial charge in [0.25, 0.3) is 5.91 Å². The quantitative estimate of drug-likeness (QED) is 0.863. The molecule has 7 nitrogen and oxygen atoms in total. The summed E-state index contributed by atoms with van der Waals surface area (Å²) < 4.78 is 17.3. The van der Waals surface area contributed by atoms with Gasteiger partial charge in [-0.1, -0.05) is 42.5 Å². The largest absolute Gasteiger partial charge is 0.489 e. The average Bonchev–Trinajstić information content (AvgIpc) is 3.01. The minimum absolute atomic E-state index is 0.0952. The number of fused-ring (bicyclic) bond motifs is 2. The van der Waals surface area contributed by atoms with E-state index in [1.807, 2.05) is 54.6 Å². The van der Waals surface area contributed by atoms with E-state index in [0.717, 1.165) is 11.1 Å². The molecule has 3 atom stereocenters. The Morgan fingerprint density at radius 3 is 2.34 bits per heavy atom. The minimum Gasteiger partial charge on any atom is -0.489 e. The first kappa shape index (κ1) is 17.7. The average molecular weight is 386 g/mol. The van der Waals surface area contributed by atoms with Crippen molar-refractivity contribution in [2.45, 2.75) is 18.4 Å². The smallest absolute Gasteiger partial charge is 0.293 e. The van der Waals surface area contributed by atoms with Crippen molar-refractivity contribution in [3.63, 3.8) is 0 Å². The number of hydrogen-bond acceptors (Lipinski definition) is 7. The molecule has 1 saturated heterocycles. The molecule has 3 aliphatic rings. The van der Waals surface area contributed by atoms with Crippen molar-refractivity contribution in [2.24, 2.45) is 21.6 Å². The summed E-state index contributed by atoms with van der Waals surface area (Å²) in [7, 11) is 0. The van der Waals surface area contributed by atoms with Gasteiger partial charge in [-0.3, -0.25) is 0 Å². The summed E-state index contributed by atoms with van der Waals surface area (Å²) in [6.07, 6.45) is 0. The number of nitrogens with zero attached hydrogens (tertiary/aromatic N) is 3. The lowest BCUT2D eigenvalue weighted by atomic mass is 9.94. The zero-order chi connectivity index (χ0) is 20.1. The van der Waals surface area contributed by atoms with Crippen molar-refractivity contribution in [2.75, 3.05) is 13.2 Å². The molecular formula is C22H18N4O3. The second-order valence-electron chi connectivity index (χ2n) is 7.39. The normalized spacial score (nSPS) is 30.8. The monoisotopic (exact) mass is 386 g/mol. The second kappa shape index (κ2) is 6.05. The Bertz CT molecular complexity index is 1060. The van der Waals surface area contributed by atoms with E-state index in [-0.39, 0.29) is 5.84 Å². The van der Waals surface area contributed by atoms with Gasteiger partial charge in [0.2, 0.25) is 0 Å². The highest BCUT2D eigenvalue weighted by Crippen LogP contribution is 2.82. The summed E-state index contributed by atoms with van der Waals surface area (Å²) in [5, 5.41) is 20.1. The third-order valence-corrected chi connectivity index (χ3v) is 6.07. The maximum atomic E-state index is 10.1. The molecule has 1 saturated carbocycles. The van der Waals surface area contributed by atoms with Crippen LogP contribution >= 0.6 is 0 Å². The molecule has 2 aliphatic heterocycles. The highest BCUT2D eigenvalue weighted by Gasteiger charge is 2.94. The molecule has 1 spiro atoms.